The summed E-state index contributed by atoms with van der Waals surface area (Å²) in [6, 6.07) is 22.3. The highest BCUT2D eigenvalue weighted by Gasteiger charge is 2.30. The second-order valence-electron chi connectivity index (χ2n) is 4.98. The summed E-state index contributed by atoms with van der Waals surface area (Å²) in [5, 5.41) is 0. The van der Waals surface area contributed by atoms with Crippen molar-refractivity contribution in [3.8, 4) is 28.4 Å². The number of rotatable bonds is 4. The smallest absolute Gasteiger partial charge is 0.457 e. The van der Waals surface area contributed by atoms with Gasteiger partial charge in [-0.05, 0) is 35.9 Å². The molecule has 5 heteroatoms. The Bertz CT molecular complexity index is 797. The Kier molecular flexibility index (Phi) is 4.42. The molecule has 0 bridgehead atoms. The van der Waals surface area contributed by atoms with Crippen LogP contribution in [-0.2, 0) is 0 Å². The number of benzene rings is 3. The quantitative estimate of drug-likeness (QED) is 0.580. The summed E-state index contributed by atoms with van der Waals surface area (Å²) in [4.78, 5) is 0. The molecule has 0 aliphatic carbocycles. The van der Waals surface area contributed by atoms with Crippen LogP contribution in [0.25, 0.3) is 11.1 Å². The van der Waals surface area contributed by atoms with Crippen molar-refractivity contribution >= 4 is 0 Å². The van der Waals surface area contributed by atoms with Crippen LogP contribution in [0.3, 0.4) is 0 Å². The first-order valence-electron chi connectivity index (χ1n) is 7.19. The Morgan fingerprint density at radius 3 is 1.92 bits per heavy atom. The maximum Gasteiger partial charge on any atom is 0.573 e. The summed E-state index contributed by atoms with van der Waals surface area (Å²) in [7, 11) is 0. The average molecular weight is 330 g/mol. The minimum absolute atomic E-state index is 0.257. The van der Waals surface area contributed by atoms with Crippen molar-refractivity contribution in [3.05, 3.63) is 78.9 Å². The lowest BCUT2D eigenvalue weighted by molar-refractivity contribution is -0.274. The van der Waals surface area contributed by atoms with Gasteiger partial charge in [-0.1, -0.05) is 48.5 Å². The van der Waals surface area contributed by atoms with E-state index in [1.807, 2.05) is 54.6 Å². The van der Waals surface area contributed by atoms with Crippen LogP contribution in [0.2, 0.25) is 0 Å². The molecule has 0 radical (unpaired) electrons. The number of hydrogen-bond acceptors (Lipinski definition) is 2. The van der Waals surface area contributed by atoms with E-state index in [-0.39, 0.29) is 5.75 Å². The molecule has 0 spiro atoms. The highest BCUT2D eigenvalue weighted by molar-refractivity contribution is 5.71. The van der Waals surface area contributed by atoms with Crippen LogP contribution in [0.5, 0.6) is 17.2 Å². The van der Waals surface area contributed by atoms with E-state index in [2.05, 4.69) is 4.74 Å². The Hall–Kier alpha value is -2.95. The van der Waals surface area contributed by atoms with Gasteiger partial charge in [-0.25, -0.2) is 0 Å². The van der Waals surface area contributed by atoms with Gasteiger partial charge in [0.2, 0.25) is 0 Å². The van der Waals surface area contributed by atoms with Crippen LogP contribution >= 0.6 is 0 Å². The molecule has 3 rings (SSSR count). The highest BCUT2D eigenvalue weighted by atomic mass is 19.4. The van der Waals surface area contributed by atoms with Crippen molar-refractivity contribution in [1.29, 1.82) is 0 Å². The van der Waals surface area contributed by atoms with Gasteiger partial charge in [0.1, 0.15) is 17.2 Å². The fraction of sp³-hybridized carbons (Fsp3) is 0.0526. The van der Waals surface area contributed by atoms with E-state index in [0.29, 0.717) is 11.5 Å². The molecule has 0 N–H and O–H groups in total. The zero-order chi connectivity index (χ0) is 17.0. The van der Waals surface area contributed by atoms with Crippen molar-refractivity contribution in [2.24, 2.45) is 0 Å². The molecule has 0 aliphatic heterocycles. The van der Waals surface area contributed by atoms with Crippen LogP contribution in [0.4, 0.5) is 13.2 Å². The summed E-state index contributed by atoms with van der Waals surface area (Å²) >= 11 is 0. The molecular formula is C19H13F3O2. The summed E-state index contributed by atoms with van der Waals surface area (Å²) in [6.45, 7) is 0. The largest absolute Gasteiger partial charge is 0.573 e. The summed E-state index contributed by atoms with van der Waals surface area (Å²) in [6.07, 6.45) is -4.70. The van der Waals surface area contributed by atoms with E-state index >= 15 is 0 Å². The second-order valence-corrected chi connectivity index (χ2v) is 4.98. The van der Waals surface area contributed by atoms with Crippen molar-refractivity contribution in [2.75, 3.05) is 0 Å². The van der Waals surface area contributed by atoms with Crippen LogP contribution in [0.15, 0.2) is 78.9 Å². The van der Waals surface area contributed by atoms with Gasteiger partial charge in [0.25, 0.3) is 0 Å². The summed E-state index contributed by atoms with van der Waals surface area (Å²) < 4.78 is 46.4. The minimum atomic E-state index is -4.70. The lowest BCUT2D eigenvalue weighted by Gasteiger charge is -2.12. The standard InChI is InChI=1S/C19H13F3O2/c20-19(21,22)24-16-12-10-14(11-13-16)17-8-4-5-9-18(17)23-15-6-2-1-3-7-15/h1-13H. The molecule has 3 aromatic carbocycles. The normalized spacial score (nSPS) is 11.1. The van der Waals surface area contributed by atoms with E-state index in [4.69, 9.17) is 4.74 Å². The summed E-state index contributed by atoms with van der Waals surface area (Å²) in [5.41, 5.74) is 1.51. The van der Waals surface area contributed by atoms with Crippen LogP contribution in [0.1, 0.15) is 0 Å². The lowest BCUT2D eigenvalue weighted by Crippen LogP contribution is -2.16. The molecule has 24 heavy (non-hydrogen) atoms. The second kappa shape index (κ2) is 6.66. The molecule has 0 amide bonds. The Labute approximate surface area is 137 Å². The molecule has 0 aliphatic rings. The number of alkyl halides is 3. The topological polar surface area (TPSA) is 18.5 Å². The van der Waals surface area contributed by atoms with Gasteiger partial charge in [-0.15, -0.1) is 13.2 Å². The summed E-state index contributed by atoms with van der Waals surface area (Å²) in [5.74, 6) is 1.04. The van der Waals surface area contributed by atoms with Crippen molar-refractivity contribution in [1.82, 2.24) is 0 Å². The molecule has 2 nitrogen and oxygen atoms in total. The van der Waals surface area contributed by atoms with Crippen molar-refractivity contribution in [2.45, 2.75) is 6.36 Å². The first kappa shape index (κ1) is 15.9. The van der Waals surface area contributed by atoms with Crippen molar-refractivity contribution in [3.63, 3.8) is 0 Å². The number of para-hydroxylation sites is 2. The lowest BCUT2D eigenvalue weighted by atomic mass is 10.0. The molecular weight excluding hydrogens is 317 g/mol. The molecule has 0 saturated carbocycles. The maximum absolute atomic E-state index is 12.2. The first-order valence-corrected chi connectivity index (χ1v) is 7.19. The van der Waals surface area contributed by atoms with Crippen molar-refractivity contribution < 1.29 is 22.6 Å². The number of ether oxygens (including phenoxy) is 2. The monoisotopic (exact) mass is 330 g/mol. The zero-order valence-corrected chi connectivity index (χ0v) is 12.5. The van der Waals surface area contributed by atoms with Gasteiger partial charge < -0.3 is 9.47 Å². The zero-order valence-electron chi connectivity index (χ0n) is 12.5. The number of halogens is 3. The molecule has 0 heterocycles. The molecule has 0 aromatic heterocycles. The van der Waals surface area contributed by atoms with Gasteiger partial charge in [0, 0.05) is 5.56 Å². The van der Waals surface area contributed by atoms with Gasteiger partial charge in [0.05, 0.1) is 0 Å². The van der Waals surface area contributed by atoms with Gasteiger partial charge in [-0.2, -0.15) is 0 Å². The third-order valence-electron chi connectivity index (χ3n) is 3.26. The van der Waals surface area contributed by atoms with Crippen LogP contribution in [-0.4, -0.2) is 6.36 Å². The third-order valence-corrected chi connectivity index (χ3v) is 3.26. The Balaban J connectivity index is 1.87. The van der Waals surface area contributed by atoms with Gasteiger partial charge in [0.15, 0.2) is 0 Å². The van der Waals surface area contributed by atoms with Crippen LogP contribution < -0.4 is 9.47 Å². The predicted molar refractivity (Wildman–Crippen MR) is 85.1 cm³/mol. The molecule has 0 fully saturated rings. The van der Waals surface area contributed by atoms with E-state index in [9.17, 15) is 13.2 Å². The molecule has 0 atom stereocenters. The van der Waals surface area contributed by atoms with Crippen LogP contribution in [0, 0.1) is 0 Å². The Morgan fingerprint density at radius 1 is 0.625 bits per heavy atom. The fourth-order valence-corrected chi connectivity index (χ4v) is 2.25. The fourth-order valence-electron chi connectivity index (χ4n) is 2.25. The third kappa shape index (κ3) is 4.07. The molecule has 122 valence electrons. The molecule has 0 unspecified atom stereocenters. The van der Waals surface area contributed by atoms with E-state index in [1.54, 1.807) is 12.1 Å². The SMILES string of the molecule is FC(F)(F)Oc1ccc(-c2ccccc2Oc2ccccc2)cc1. The first-order chi connectivity index (χ1) is 11.5. The predicted octanol–water partition coefficient (Wildman–Crippen LogP) is 6.04. The average Bonchev–Trinajstić information content (AvgIpc) is 2.56. The Morgan fingerprint density at radius 2 is 1.25 bits per heavy atom. The van der Waals surface area contributed by atoms with Gasteiger partial charge in [-0.3, -0.25) is 0 Å². The molecule has 0 saturated heterocycles. The minimum Gasteiger partial charge on any atom is -0.457 e. The van der Waals surface area contributed by atoms with E-state index < -0.39 is 6.36 Å². The van der Waals surface area contributed by atoms with Gasteiger partial charge >= 0.3 is 6.36 Å². The molecule has 3 aromatic rings. The van der Waals surface area contributed by atoms with E-state index in [0.717, 1.165) is 11.1 Å². The number of hydrogen-bond donors (Lipinski definition) is 0. The maximum atomic E-state index is 12.2. The van der Waals surface area contributed by atoms with E-state index in [1.165, 1.54) is 12.1 Å². The highest BCUT2D eigenvalue weighted by Crippen LogP contribution is 2.34.